The Balaban J connectivity index is 1.41. The molecule has 1 aliphatic rings. The topological polar surface area (TPSA) is 62.2 Å². The summed E-state index contributed by atoms with van der Waals surface area (Å²) in [6.07, 6.45) is 3.42. The van der Waals surface area contributed by atoms with Crippen LogP contribution in [-0.2, 0) is 6.54 Å². The van der Waals surface area contributed by atoms with Crippen LogP contribution in [0.1, 0.15) is 5.56 Å². The third kappa shape index (κ3) is 6.05. The largest absolute Gasteiger partial charge is 0.494 e. The number of aromatic nitrogens is 1. The van der Waals surface area contributed by atoms with E-state index in [0.717, 1.165) is 50.0 Å². The van der Waals surface area contributed by atoms with Crippen LogP contribution >= 0.6 is 0 Å². The lowest BCUT2D eigenvalue weighted by Gasteiger charge is -2.36. The van der Waals surface area contributed by atoms with Crippen LogP contribution in [0.4, 0.5) is 4.39 Å². The molecule has 1 aromatic heterocycles. The minimum absolute atomic E-state index is 0.279. The second-order valence-electron chi connectivity index (χ2n) is 6.74. The number of aliphatic imine (C=N–C) groups is 1. The lowest BCUT2D eigenvalue weighted by atomic mass is 10.2. The minimum Gasteiger partial charge on any atom is -0.494 e. The van der Waals surface area contributed by atoms with Crippen LogP contribution in [0, 0.1) is 5.82 Å². The number of pyridine rings is 1. The van der Waals surface area contributed by atoms with Crippen LogP contribution in [-0.4, -0.2) is 74.2 Å². The van der Waals surface area contributed by atoms with Gasteiger partial charge in [-0.05, 0) is 29.8 Å². The Labute approximate surface area is 171 Å². The maximum absolute atomic E-state index is 13.9. The van der Waals surface area contributed by atoms with Gasteiger partial charge in [0, 0.05) is 46.0 Å². The first-order valence-electron chi connectivity index (χ1n) is 9.73. The predicted octanol–water partition coefficient (Wildman–Crippen LogP) is 2.00. The lowest BCUT2D eigenvalue weighted by molar-refractivity contribution is 0.172. The van der Waals surface area contributed by atoms with E-state index in [1.54, 1.807) is 31.6 Å². The molecule has 2 heterocycles. The van der Waals surface area contributed by atoms with E-state index >= 15 is 0 Å². The van der Waals surface area contributed by atoms with E-state index in [2.05, 4.69) is 25.1 Å². The Hall–Kier alpha value is -2.87. The van der Waals surface area contributed by atoms with Gasteiger partial charge in [-0.2, -0.15) is 0 Å². The molecule has 0 amide bonds. The lowest BCUT2D eigenvalue weighted by Crippen LogP contribution is -2.52. The van der Waals surface area contributed by atoms with Crippen LogP contribution in [0.3, 0.4) is 0 Å². The molecule has 1 fully saturated rings. The summed E-state index contributed by atoms with van der Waals surface area (Å²) in [5.41, 5.74) is 0.951. The quantitative estimate of drug-likeness (QED) is 0.435. The van der Waals surface area contributed by atoms with E-state index in [1.165, 1.54) is 7.11 Å². The molecule has 0 spiro atoms. The van der Waals surface area contributed by atoms with Crippen LogP contribution in [0.5, 0.6) is 11.5 Å². The normalized spacial score (nSPS) is 15.3. The number of guanidine groups is 1. The maximum atomic E-state index is 13.9. The van der Waals surface area contributed by atoms with Gasteiger partial charge in [-0.1, -0.05) is 6.07 Å². The first-order valence-corrected chi connectivity index (χ1v) is 9.73. The van der Waals surface area contributed by atoms with Crippen molar-refractivity contribution >= 4 is 5.96 Å². The van der Waals surface area contributed by atoms with Crippen molar-refractivity contribution in [3.8, 4) is 11.5 Å². The van der Waals surface area contributed by atoms with Crippen LogP contribution < -0.4 is 14.8 Å². The van der Waals surface area contributed by atoms with Crippen molar-refractivity contribution in [1.29, 1.82) is 0 Å². The summed E-state index contributed by atoms with van der Waals surface area (Å²) < 4.78 is 24.5. The van der Waals surface area contributed by atoms with Gasteiger partial charge in [0.15, 0.2) is 17.5 Å². The predicted molar refractivity (Wildman–Crippen MR) is 111 cm³/mol. The average Bonchev–Trinajstić information content (AvgIpc) is 2.75. The fourth-order valence-electron chi connectivity index (χ4n) is 3.28. The number of rotatable bonds is 7. The summed E-state index contributed by atoms with van der Waals surface area (Å²) in [5, 5.41) is 3.34. The van der Waals surface area contributed by atoms with E-state index in [4.69, 9.17) is 9.47 Å². The molecule has 3 rings (SSSR count). The van der Waals surface area contributed by atoms with Crippen LogP contribution in [0.2, 0.25) is 0 Å². The highest BCUT2D eigenvalue weighted by Crippen LogP contribution is 2.19. The fraction of sp³-hybridized carbons (Fsp3) is 0.429. The van der Waals surface area contributed by atoms with E-state index in [9.17, 15) is 4.39 Å². The Morgan fingerprint density at radius 2 is 2.07 bits per heavy atom. The highest BCUT2D eigenvalue weighted by molar-refractivity contribution is 5.80. The van der Waals surface area contributed by atoms with Gasteiger partial charge in [-0.15, -0.1) is 0 Å². The molecule has 0 unspecified atom stereocenters. The molecule has 0 radical (unpaired) electrons. The molecule has 1 aromatic carbocycles. The van der Waals surface area contributed by atoms with Crippen molar-refractivity contribution in [2.24, 2.45) is 4.99 Å². The van der Waals surface area contributed by atoms with Gasteiger partial charge in [0.25, 0.3) is 0 Å². The van der Waals surface area contributed by atoms with Crippen molar-refractivity contribution in [3.05, 3.63) is 54.1 Å². The summed E-state index contributed by atoms with van der Waals surface area (Å²) in [4.78, 5) is 13.0. The molecule has 7 nitrogen and oxygen atoms in total. The molecule has 1 saturated heterocycles. The number of benzene rings is 1. The van der Waals surface area contributed by atoms with Crippen molar-refractivity contribution < 1.29 is 13.9 Å². The Morgan fingerprint density at radius 3 is 2.72 bits per heavy atom. The van der Waals surface area contributed by atoms with Crippen molar-refractivity contribution in [1.82, 2.24) is 20.1 Å². The second kappa shape index (κ2) is 10.6. The molecule has 0 bridgehead atoms. The summed E-state index contributed by atoms with van der Waals surface area (Å²) in [7, 11) is 3.26. The summed E-state index contributed by atoms with van der Waals surface area (Å²) in [5.74, 6) is 1.59. The van der Waals surface area contributed by atoms with E-state index in [-0.39, 0.29) is 11.6 Å². The molecule has 156 valence electrons. The molecule has 29 heavy (non-hydrogen) atoms. The monoisotopic (exact) mass is 401 g/mol. The molecule has 1 N–H and O–H groups in total. The van der Waals surface area contributed by atoms with Gasteiger partial charge in [0.05, 0.1) is 19.9 Å². The minimum atomic E-state index is -0.318. The number of hydrogen-bond donors (Lipinski definition) is 1. The van der Waals surface area contributed by atoms with E-state index in [1.807, 2.05) is 18.2 Å². The van der Waals surface area contributed by atoms with Crippen molar-refractivity contribution in [2.45, 2.75) is 6.54 Å². The molecule has 0 saturated carbocycles. The van der Waals surface area contributed by atoms with E-state index in [0.29, 0.717) is 13.2 Å². The highest BCUT2D eigenvalue weighted by Gasteiger charge is 2.20. The SMILES string of the molecule is CN=C(NCCOc1cccnc1)N1CCN(Cc2ccc(OC)c(F)c2)CC1. The summed E-state index contributed by atoms with van der Waals surface area (Å²) >= 11 is 0. The molecule has 1 aliphatic heterocycles. The molecular formula is C21H28FN5O2. The standard InChI is InChI=1S/C21H28FN5O2/c1-23-21(25-8-13-29-18-4-3-7-24-15-18)27-11-9-26(10-12-27)16-17-5-6-20(28-2)19(22)14-17/h3-7,14-15H,8-13,16H2,1-2H3,(H,23,25). The summed E-state index contributed by atoms with van der Waals surface area (Å²) in [6.45, 7) is 5.42. The molecule has 8 heteroatoms. The van der Waals surface area contributed by atoms with Gasteiger partial charge < -0.3 is 19.7 Å². The Kier molecular flexibility index (Phi) is 7.63. The second-order valence-corrected chi connectivity index (χ2v) is 6.74. The first kappa shape index (κ1) is 20.9. The zero-order valence-electron chi connectivity index (χ0n) is 17.0. The maximum Gasteiger partial charge on any atom is 0.193 e. The molecule has 0 atom stereocenters. The van der Waals surface area contributed by atoms with Gasteiger partial charge in [-0.3, -0.25) is 14.9 Å². The number of piperazine rings is 1. The number of ether oxygens (including phenoxy) is 2. The third-order valence-electron chi connectivity index (χ3n) is 4.79. The fourth-order valence-corrected chi connectivity index (χ4v) is 3.28. The zero-order valence-corrected chi connectivity index (χ0v) is 17.0. The van der Waals surface area contributed by atoms with Gasteiger partial charge in [0.1, 0.15) is 12.4 Å². The van der Waals surface area contributed by atoms with E-state index < -0.39 is 0 Å². The zero-order chi connectivity index (χ0) is 20.5. The third-order valence-corrected chi connectivity index (χ3v) is 4.79. The van der Waals surface area contributed by atoms with Crippen LogP contribution in [0.15, 0.2) is 47.7 Å². The smallest absolute Gasteiger partial charge is 0.193 e. The van der Waals surface area contributed by atoms with Crippen molar-refractivity contribution in [3.63, 3.8) is 0 Å². The summed E-state index contributed by atoms with van der Waals surface area (Å²) in [6, 6.07) is 8.88. The molecular weight excluding hydrogens is 373 g/mol. The number of nitrogens with one attached hydrogen (secondary N) is 1. The van der Waals surface area contributed by atoms with Crippen molar-refractivity contribution in [2.75, 3.05) is 53.5 Å². The highest BCUT2D eigenvalue weighted by atomic mass is 19.1. The number of methoxy groups -OCH3 is 1. The van der Waals surface area contributed by atoms with Crippen LogP contribution in [0.25, 0.3) is 0 Å². The number of hydrogen-bond acceptors (Lipinski definition) is 5. The number of halogens is 1. The van der Waals surface area contributed by atoms with Gasteiger partial charge >= 0.3 is 0 Å². The van der Waals surface area contributed by atoms with Gasteiger partial charge in [0.2, 0.25) is 0 Å². The molecule has 0 aliphatic carbocycles. The Morgan fingerprint density at radius 1 is 1.24 bits per heavy atom. The number of nitrogens with zero attached hydrogens (tertiary/aromatic N) is 4. The molecule has 2 aromatic rings. The first-order chi connectivity index (χ1) is 14.2. The average molecular weight is 401 g/mol. The Bertz CT molecular complexity index is 795. The van der Waals surface area contributed by atoms with Gasteiger partial charge in [-0.25, -0.2) is 4.39 Å².